The van der Waals surface area contributed by atoms with Gasteiger partial charge in [0.2, 0.25) is 0 Å². The predicted molar refractivity (Wildman–Crippen MR) is 199 cm³/mol. The van der Waals surface area contributed by atoms with Gasteiger partial charge in [-0.2, -0.15) is 0 Å². The third kappa shape index (κ3) is 13.6. The quantitative estimate of drug-likeness (QED) is 0.0291. The second kappa shape index (κ2) is 21.0. The van der Waals surface area contributed by atoms with Gasteiger partial charge in [0.05, 0.1) is 43.2 Å². The molecule has 0 N–H and O–H groups in total. The van der Waals surface area contributed by atoms with E-state index in [-0.39, 0.29) is 0 Å². The number of nitrogens with zero attached hydrogens (tertiary/aromatic N) is 1. The molecule has 0 heterocycles. The number of esters is 4. The van der Waals surface area contributed by atoms with Gasteiger partial charge < -0.3 is 28.4 Å². The normalized spacial score (nSPS) is 10.6. The maximum Gasteiger partial charge on any atom is 0.343 e. The standard InChI is InChI=1S/C42H41NO10/c1-4-39(44)50-26-8-6-24-48-35-19-12-32(13-20-35)41(46)52-37-17-10-31(11-18-37)29-43-34-16-23-38(30(3)28-34)53-42(47)33-14-21-36(22-15-33)49-25-7-9-27-51-40(45)5-2/h4-5,10-23,28-29H,1-2,6-9,24-27H2,3H3/b43-29+. The largest absolute Gasteiger partial charge is 0.494 e. The number of aliphatic imine (C=N–C) groups is 1. The highest BCUT2D eigenvalue weighted by molar-refractivity contribution is 5.92. The fourth-order valence-corrected chi connectivity index (χ4v) is 4.55. The van der Waals surface area contributed by atoms with Gasteiger partial charge in [-0.05, 0) is 135 Å². The molecule has 0 aliphatic rings. The van der Waals surface area contributed by atoms with Gasteiger partial charge in [-0.3, -0.25) is 4.99 Å². The topological polar surface area (TPSA) is 136 Å². The number of unbranched alkanes of at least 4 members (excludes halogenated alkanes) is 2. The summed E-state index contributed by atoms with van der Waals surface area (Å²) < 4.78 is 32.3. The van der Waals surface area contributed by atoms with Crippen LogP contribution in [-0.4, -0.2) is 56.5 Å². The van der Waals surface area contributed by atoms with E-state index in [9.17, 15) is 19.2 Å². The Kier molecular flexibility index (Phi) is 15.6. The van der Waals surface area contributed by atoms with Gasteiger partial charge in [0.15, 0.2) is 0 Å². The fraction of sp³-hybridized carbons (Fsp3) is 0.214. The summed E-state index contributed by atoms with van der Waals surface area (Å²) >= 11 is 0. The van der Waals surface area contributed by atoms with Crippen LogP contribution in [0.15, 0.2) is 121 Å². The summed E-state index contributed by atoms with van der Waals surface area (Å²) in [5, 5.41) is 0. The lowest BCUT2D eigenvalue weighted by Crippen LogP contribution is -2.09. The molecular formula is C42H41NO10. The van der Waals surface area contributed by atoms with E-state index < -0.39 is 23.9 Å². The second-order valence-electron chi connectivity index (χ2n) is 11.5. The number of carbonyl (C=O) groups is 4. The molecule has 0 amide bonds. The van der Waals surface area contributed by atoms with E-state index in [0.717, 1.165) is 23.3 Å². The lowest BCUT2D eigenvalue weighted by molar-refractivity contribution is -0.138. The highest BCUT2D eigenvalue weighted by atomic mass is 16.5. The van der Waals surface area contributed by atoms with Crippen LogP contribution < -0.4 is 18.9 Å². The van der Waals surface area contributed by atoms with Crippen molar-refractivity contribution in [1.82, 2.24) is 0 Å². The van der Waals surface area contributed by atoms with Crippen molar-refractivity contribution in [3.8, 4) is 23.0 Å². The molecule has 0 bridgehead atoms. The molecule has 274 valence electrons. The summed E-state index contributed by atoms with van der Waals surface area (Å²) in [7, 11) is 0. The number of aryl methyl sites for hydroxylation is 1. The highest BCUT2D eigenvalue weighted by Gasteiger charge is 2.12. The average molecular weight is 720 g/mol. The highest BCUT2D eigenvalue weighted by Crippen LogP contribution is 2.25. The van der Waals surface area contributed by atoms with E-state index in [2.05, 4.69) is 18.2 Å². The van der Waals surface area contributed by atoms with Crippen LogP contribution in [0.25, 0.3) is 0 Å². The zero-order chi connectivity index (χ0) is 37.8. The maximum atomic E-state index is 12.8. The Morgan fingerprint density at radius 2 is 1.06 bits per heavy atom. The van der Waals surface area contributed by atoms with Crippen molar-refractivity contribution in [1.29, 1.82) is 0 Å². The zero-order valence-electron chi connectivity index (χ0n) is 29.5. The number of ether oxygens (including phenoxy) is 6. The molecule has 4 rings (SSSR count). The fourth-order valence-electron chi connectivity index (χ4n) is 4.55. The molecular weight excluding hydrogens is 678 g/mol. The molecule has 0 fully saturated rings. The van der Waals surface area contributed by atoms with Crippen LogP contribution in [0.5, 0.6) is 23.0 Å². The van der Waals surface area contributed by atoms with E-state index in [0.29, 0.717) is 91.9 Å². The first kappa shape index (κ1) is 39.3. The summed E-state index contributed by atoms with van der Waals surface area (Å²) in [6.45, 7) is 10.0. The van der Waals surface area contributed by atoms with Gasteiger partial charge >= 0.3 is 23.9 Å². The van der Waals surface area contributed by atoms with Gasteiger partial charge in [-0.25, -0.2) is 19.2 Å². The molecule has 4 aromatic rings. The molecule has 11 nitrogen and oxygen atoms in total. The van der Waals surface area contributed by atoms with Crippen molar-refractivity contribution in [3.63, 3.8) is 0 Å². The number of rotatable bonds is 20. The Bertz CT molecular complexity index is 1880. The van der Waals surface area contributed by atoms with E-state index in [1.807, 2.05) is 13.0 Å². The molecule has 0 spiro atoms. The first-order valence-electron chi connectivity index (χ1n) is 17.0. The van der Waals surface area contributed by atoms with Gasteiger partial charge in [0, 0.05) is 18.4 Å². The van der Waals surface area contributed by atoms with Gasteiger partial charge in [0.25, 0.3) is 0 Å². The molecule has 0 saturated carbocycles. The SMILES string of the molecule is C=CC(=O)OCCCCOc1ccc(C(=O)Oc2ccc(/C=N/c3ccc(OC(=O)c4ccc(OCCCCOC(=O)C=C)cc4)c(C)c3)cc2)cc1. The third-order valence-corrected chi connectivity index (χ3v) is 7.43. The summed E-state index contributed by atoms with van der Waals surface area (Å²) in [6, 6.07) is 25.5. The minimum atomic E-state index is -0.502. The number of hydrogen-bond donors (Lipinski definition) is 0. The van der Waals surface area contributed by atoms with E-state index in [1.165, 1.54) is 0 Å². The second-order valence-corrected chi connectivity index (χ2v) is 11.5. The van der Waals surface area contributed by atoms with E-state index >= 15 is 0 Å². The smallest absolute Gasteiger partial charge is 0.343 e. The molecule has 0 radical (unpaired) electrons. The molecule has 0 saturated heterocycles. The number of carbonyl (C=O) groups excluding carboxylic acids is 4. The summed E-state index contributed by atoms with van der Waals surface area (Å²) in [6.07, 6.45) is 6.67. The lowest BCUT2D eigenvalue weighted by Gasteiger charge is -2.09. The first-order valence-corrected chi connectivity index (χ1v) is 17.0. The first-order chi connectivity index (χ1) is 25.7. The minimum Gasteiger partial charge on any atom is -0.494 e. The van der Waals surface area contributed by atoms with Crippen LogP contribution in [0.4, 0.5) is 5.69 Å². The number of benzene rings is 4. The van der Waals surface area contributed by atoms with Gasteiger partial charge in [0.1, 0.15) is 23.0 Å². The maximum absolute atomic E-state index is 12.8. The van der Waals surface area contributed by atoms with Gasteiger partial charge in [-0.15, -0.1) is 0 Å². The molecule has 0 aliphatic heterocycles. The van der Waals surface area contributed by atoms with Crippen molar-refractivity contribution in [2.45, 2.75) is 32.6 Å². The average Bonchev–Trinajstić information content (AvgIpc) is 3.18. The van der Waals surface area contributed by atoms with E-state index in [1.54, 1.807) is 91.1 Å². The molecule has 11 heteroatoms. The monoisotopic (exact) mass is 719 g/mol. The molecule has 0 unspecified atom stereocenters. The Hall–Kier alpha value is -6.49. The van der Waals surface area contributed by atoms with Crippen LogP contribution >= 0.6 is 0 Å². The van der Waals surface area contributed by atoms with Crippen LogP contribution in [0, 0.1) is 6.92 Å². The predicted octanol–water partition coefficient (Wildman–Crippen LogP) is 7.96. The summed E-state index contributed by atoms with van der Waals surface area (Å²) in [5.74, 6) is 0.138. The van der Waals surface area contributed by atoms with Crippen LogP contribution in [0.3, 0.4) is 0 Å². The van der Waals surface area contributed by atoms with Crippen LogP contribution in [0.2, 0.25) is 0 Å². The molecule has 0 aromatic heterocycles. The minimum absolute atomic E-state index is 0.305. The summed E-state index contributed by atoms with van der Waals surface area (Å²) in [4.78, 5) is 52.0. The van der Waals surface area contributed by atoms with Crippen molar-refractivity contribution in [3.05, 3.63) is 139 Å². The number of hydrogen-bond acceptors (Lipinski definition) is 11. The molecule has 0 atom stereocenters. The van der Waals surface area contributed by atoms with E-state index in [4.69, 9.17) is 28.4 Å². The van der Waals surface area contributed by atoms with Crippen molar-refractivity contribution < 1.29 is 47.6 Å². The molecule has 0 aliphatic carbocycles. The van der Waals surface area contributed by atoms with Crippen LogP contribution in [0.1, 0.15) is 57.5 Å². The third-order valence-electron chi connectivity index (χ3n) is 7.43. The van der Waals surface area contributed by atoms with Gasteiger partial charge in [-0.1, -0.05) is 13.2 Å². The Morgan fingerprint density at radius 1 is 0.585 bits per heavy atom. The Morgan fingerprint density at radius 3 is 1.55 bits per heavy atom. The van der Waals surface area contributed by atoms with Crippen LogP contribution in [-0.2, 0) is 19.1 Å². The lowest BCUT2D eigenvalue weighted by atomic mass is 10.2. The Balaban J connectivity index is 1.19. The van der Waals surface area contributed by atoms with Crippen molar-refractivity contribution in [2.24, 2.45) is 4.99 Å². The molecule has 4 aromatic carbocycles. The molecule has 53 heavy (non-hydrogen) atoms. The van der Waals surface area contributed by atoms with Crippen molar-refractivity contribution in [2.75, 3.05) is 26.4 Å². The zero-order valence-corrected chi connectivity index (χ0v) is 29.5. The Labute approximate surface area is 308 Å². The van der Waals surface area contributed by atoms with Crippen molar-refractivity contribution >= 4 is 35.8 Å². The summed E-state index contributed by atoms with van der Waals surface area (Å²) in [5.41, 5.74) is 2.94.